The minimum atomic E-state index is -0.703. The van der Waals surface area contributed by atoms with Crippen LogP contribution >= 0.6 is 0 Å². The molecule has 0 radical (unpaired) electrons. The van der Waals surface area contributed by atoms with Crippen LogP contribution in [0.4, 0.5) is 0 Å². The Morgan fingerprint density at radius 1 is 0.600 bits per heavy atom. The predicted octanol–water partition coefficient (Wildman–Crippen LogP) is 4.26. The molecule has 0 spiro atoms. The van der Waals surface area contributed by atoms with Crippen molar-refractivity contribution in [1.82, 2.24) is 20.9 Å². The Kier molecular flexibility index (Phi) is 13.5. The highest BCUT2D eigenvalue weighted by Crippen LogP contribution is 2.27. The molecule has 6 rings (SSSR count). The van der Waals surface area contributed by atoms with E-state index in [1.54, 1.807) is 0 Å². The van der Waals surface area contributed by atoms with Crippen molar-refractivity contribution in [1.29, 1.82) is 0 Å². The van der Waals surface area contributed by atoms with Crippen LogP contribution in [0.5, 0.6) is 0 Å². The maximum Gasteiger partial charge on any atom is 0.307 e. The number of aliphatic hydroxyl groups excluding tert-OH is 2. The van der Waals surface area contributed by atoms with Gasteiger partial charge in [-0.2, -0.15) is 0 Å². The molecule has 8 heteroatoms. The molecule has 50 heavy (non-hydrogen) atoms. The van der Waals surface area contributed by atoms with Gasteiger partial charge in [-0.05, 0) is 141 Å². The summed E-state index contributed by atoms with van der Waals surface area (Å²) in [7, 11) is 0. The molecule has 6 atom stereocenters. The number of benzene rings is 3. The lowest BCUT2D eigenvalue weighted by Gasteiger charge is -2.25. The molecular formula is C42H58N4O4. The fourth-order valence-electron chi connectivity index (χ4n) is 8.76. The summed E-state index contributed by atoms with van der Waals surface area (Å²) in [6, 6.07) is 26.3. The van der Waals surface area contributed by atoms with E-state index in [2.05, 4.69) is 93.6 Å². The van der Waals surface area contributed by atoms with Gasteiger partial charge < -0.3 is 31.3 Å². The van der Waals surface area contributed by atoms with Crippen LogP contribution in [0.3, 0.4) is 0 Å². The normalized spacial score (nSPS) is 22.6. The SMILES string of the molecule is O=C(O)C(Cc1cccc(CN(Cc2cccc(CC(CO)C3CCNC3)c2)Cc2cccc(CC(CO)C3CCNC3)c2)c1)C1CCNC1. The number of nitrogens with one attached hydrogen (secondary N) is 3. The van der Waals surface area contributed by atoms with Crippen molar-refractivity contribution in [3.05, 3.63) is 106 Å². The zero-order valence-electron chi connectivity index (χ0n) is 29.6. The van der Waals surface area contributed by atoms with Gasteiger partial charge in [0.05, 0.1) is 5.92 Å². The van der Waals surface area contributed by atoms with Crippen molar-refractivity contribution < 1.29 is 20.1 Å². The van der Waals surface area contributed by atoms with E-state index in [9.17, 15) is 20.1 Å². The maximum atomic E-state index is 12.3. The van der Waals surface area contributed by atoms with E-state index < -0.39 is 5.97 Å². The maximum absolute atomic E-state index is 12.3. The van der Waals surface area contributed by atoms with E-state index in [-0.39, 0.29) is 36.9 Å². The van der Waals surface area contributed by atoms with Crippen LogP contribution in [0.15, 0.2) is 72.8 Å². The highest BCUT2D eigenvalue weighted by molar-refractivity contribution is 5.71. The standard InChI is InChI=1S/C42H58N4O4/c47-28-39(36-10-13-43-22-36)19-30-4-1-7-33(16-30)25-46(26-34-8-2-5-31(17-34)20-40(29-48)37-11-14-44-23-37)27-35-9-3-6-32(18-35)21-41(42(49)50)38-12-15-45-24-38/h1-9,16-18,36-41,43-45,47-48H,10-15,19-29H2,(H,49,50). The number of aliphatic carboxylic acids is 1. The van der Waals surface area contributed by atoms with Crippen LogP contribution in [0, 0.1) is 35.5 Å². The molecule has 3 aliphatic heterocycles. The Morgan fingerprint density at radius 3 is 1.34 bits per heavy atom. The molecule has 270 valence electrons. The second kappa shape index (κ2) is 18.4. The van der Waals surface area contributed by atoms with Crippen molar-refractivity contribution in [3.63, 3.8) is 0 Å². The lowest BCUT2D eigenvalue weighted by atomic mass is 9.86. The van der Waals surface area contributed by atoms with E-state index in [0.717, 1.165) is 96.6 Å². The van der Waals surface area contributed by atoms with Crippen molar-refractivity contribution in [3.8, 4) is 0 Å². The Bertz CT molecular complexity index is 1430. The number of rotatable bonds is 18. The second-order valence-corrected chi connectivity index (χ2v) is 15.3. The Balaban J connectivity index is 1.20. The second-order valence-electron chi connectivity index (χ2n) is 15.3. The van der Waals surface area contributed by atoms with Crippen LogP contribution < -0.4 is 16.0 Å². The lowest BCUT2D eigenvalue weighted by molar-refractivity contribution is -0.143. The van der Waals surface area contributed by atoms with E-state index in [1.807, 2.05) is 0 Å². The topological polar surface area (TPSA) is 117 Å². The van der Waals surface area contributed by atoms with Crippen LogP contribution in [-0.4, -0.2) is 78.7 Å². The third-order valence-corrected chi connectivity index (χ3v) is 11.6. The van der Waals surface area contributed by atoms with Gasteiger partial charge >= 0.3 is 5.97 Å². The summed E-state index contributed by atoms with van der Waals surface area (Å²) >= 11 is 0. The largest absolute Gasteiger partial charge is 0.481 e. The average molecular weight is 683 g/mol. The molecule has 3 fully saturated rings. The number of carboxylic acids is 1. The highest BCUT2D eigenvalue weighted by Gasteiger charge is 2.31. The van der Waals surface area contributed by atoms with Gasteiger partial charge in [0, 0.05) is 32.8 Å². The summed E-state index contributed by atoms with van der Waals surface area (Å²) in [4.78, 5) is 14.8. The van der Waals surface area contributed by atoms with E-state index in [0.29, 0.717) is 18.3 Å². The summed E-state index contributed by atoms with van der Waals surface area (Å²) in [5, 5.41) is 40.8. The fraction of sp³-hybridized carbons (Fsp3) is 0.548. The number of carbonyl (C=O) groups is 1. The van der Waals surface area contributed by atoms with Gasteiger partial charge in [-0.3, -0.25) is 9.69 Å². The van der Waals surface area contributed by atoms with Gasteiger partial charge in [0.25, 0.3) is 0 Å². The molecule has 0 amide bonds. The molecule has 3 saturated heterocycles. The third kappa shape index (κ3) is 10.2. The molecule has 0 aliphatic carbocycles. The van der Waals surface area contributed by atoms with Crippen LogP contribution in [0.2, 0.25) is 0 Å². The molecular weight excluding hydrogens is 624 g/mol. The van der Waals surface area contributed by atoms with Crippen LogP contribution in [0.25, 0.3) is 0 Å². The molecule has 3 aliphatic rings. The molecule has 3 aromatic rings. The van der Waals surface area contributed by atoms with E-state index in [4.69, 9.17) is 0 Å². The summed E-state index contributed by atoms with van der Waals surface area (Å²) < 4.78 is 0. The first-order chi connectivity index (χ1) is 24.5. The van der Waals surface area contributed by atoms with Gasteiger partial charge in [0.2, 0.25) is 0 Å². The Hall–Kier alpha value is -3.11. The van der Waals surface area contributed by atoms with E-state index in [1.165, 1.54) is 27.8 Å². The van der Waals surface area contributed by atoms with Crippen molar-refractivity contribution in [2.75, 3.05) is 52.5 Å². The minimum Gasteiger partial charge on any atom is -0.481 e. The van der Waals surface area contributed by atoms with Crippen LogP contribution in [-0.2, 0) is 43.7 Å². The third-order valence-electron chi connectivity index (χ3n) is 11.6. The lowest BCUT2D eigenvalue weighted by Crippen LogP contribution is -2.27. The summed E-state index contributed by atoms with van der Waals surface area (Å²) in [6.45, 7) is 8.41. The van der Waals surface area contributed by atoms with Crippen molar-refractivity contribution in [2.24, 2.45) is 35.5 Å². The van der Waals surface area contributed by atoms with E-state index >= 15 is 0 Å². The molecule has 0 bridgehead atoms. The first-order valence-corrected chi connectivity index (χ1v) is 19.0. The Morgan fingerprint density at radius 2 is 0.980 bits per heavy atom. The summed E-state index contributed by atoms with van der Waals surface area (Å²) in [5.74, 6) is 0.635. The van der Waals surface area contributed by atoms with Gasteiger partial charge in [0.15, 0.2) is 0 Å². The van der Waals surface area contributed by atoms with Gasteiger partial charge in [-0.25, -0.2) is 0 Å². The fourth-order valence-corrected chi connectivity index (χ4v) is 8.76. The number of aliphatic hydroxyl groups is 2. The zero-order chi connectivity index (χ0) is 34.7. The van der Waals surface area contributed by atoms with Crippen molar-refractivity contribution in [2.45, 2.75) is 58.2 Å². The molecule has 8 nitrogen and oxygen atoms in total. The molecule has 3 heterocycles. The van der Waals surface area contributed by atoms with Gasteiger partial charge in [-0.1, -0.05) is 72.8 Å². The van der Waals surface area contributed by atoms with Gasteiger partial charge in [-0.15, -0.1) is 0 Å². The molecule has 6 N–H and O–H groups in total. The molecule has 0 saturated carbocycles. The Labute approximate surface area is 298 Å². The minimum absolute atomic E-state index is 0.165. The summed E-state index contributed by atoms with van der Waals surface area (Å²) in [6.07, 6.45) is 5.46. The average Bonchev–Trinajstić information content (AvgIpc) is 3.94. The molecule has 6 unspecified atom stereocenters. The number of carboxylic acid groups (broad SMARTS) is 1. The zero-order valence-corrected chi connectivity index (χ0v) is 29.6. The van der Waals surface area contributed by atoms with Crippen molar-refractivity contribution >= 4 is 5.97 Å². The predicted molar refractivity (Wildman–Crippen MR) is 199 cm³/mol. The quantitative estimate of drug-likeness (QED) is 0.118. The first-order valence-electron chi connectivity index (χ1n) is 19.0. The van der Waals surface area contributed by atoms with Gasteiger partial charge in [0.1, 0.15) is 0 Å². The first kappa shape index (κ1) is 36.7. The molecule has 0 aromatic heterocycles. The smallest absolute Gasteiger partial charge is 0.307 e. The van der Waals surface area contributed by atoms with Crippen LogP contribution in [0.1, 0.15) is 52.6 Å². The number of hydrogen-bond acceptors (Lipinski definition) is 7. The number of nitrogens with zero attached hydrogens (tertiary/aromatic N) is 1. The summed E-state index contributed by atoms with van der Waals surface area (Å²) in [5.41, 5.74) is 7.32. The number of hydrogen-bond donors (Lipinski definition) is 6. The molecule has 3 aromatic carbocycles. The monoisotopic (exact) mass is 682 g/mol. The highest BCUT2D eigenvalue weighted by atomic mass is 16.4.